The van der Waals surface area contributed by atoms with Crippen LogP contribution in [0.15, 0.2) is 6.20 Å². The van der Waals surface area contributed by atoms with E-state index >= 15 is 0 Å². The minimum Gasteiger partial charge on any atom is -0.333 e. The number of nitrogens with zero attached hydrogens (tertiary/aromatic N) is 3. The Bertz CT molecular complexity index is 397. The highest BCUT2D eigenvalue weighted by atomic mass is 19.4. The molecule has 0 aromatic carbocycles. The quantitative estimate of drug-likeness (QED) is 0.773. The Hall–Kier alpha value is -1.53. The monoisotopic (exact) mass is 235 g/mol. The van der Waals surface area contributed by atoms with Crippen molar-refractivity contribution in [2.45, 2.75) is 19.6 Å². The molecule has 1 aromatic heterocycles. The zero-order valence-corrected chi connectivity index (χ0v) is 9.17. The van der Waals surface area contributed by atoms with Crippen molar-refractivity contribution in [1.82, 2.24) is 14.7 Å². The molecule has 1 rings (SSSR count). The fourth-order valence-corrected chi connectivity index (χ4v) is 1.24. The fourth-order valence-electron chi connectivity index (χ4n) is 1.24. The Balaban J connectivity index is 2.76. The number of rotatable bonds is 2. The van der Waals surface area contributed by atoms with Gasteiger partial charge >= 0.3 is 12.1 Å². The van der Waals surface area contributed by atoms with Crippen molar-refractivity contribution < 1.29 is 18.0 Å². The van der Waals surface area contributed by atoms with Gasteiger partial charge in [0, 0.05) is 31.9 Å². The summed E-state index contributed by atoms with van der Waals surface area (Å²) in [5.41, 5.74) is 1.34. The number of carbonyl (C=O) groups is 1. The van der Waals surface area contributed by atoms with E-state index in [-0.39, 0.29) is 6.54 Å². The van der Waals surface area contributed by atoms with Crippen LogP contribution < -0.4 is 0 Å². The van der Waals surface area contributed by atoms with E-state index in [0.29, 0.717) is 10.5 Å². The van der Waals surface area contributed by atoms with Gasteiger partial charge in [0.05, 0.1) is 6.20 Å². The molecule has 0 aliphatic carbocycles. The summed E-state index contributed by atoms with van der Waals surface area (Å²) in [5, 5.41) is 3.89. The smallest absolute Gasteiger partial charge is 0.333 e. The van der Waals surface area contributed by atoms with E-state index in [1.165, 1.54) is 6.20 Å². The number of aromatic nitrogens is 2. The first-order valence-corrected chi connectivity index (χ1v) is 4.53. The molecule has 0 aliphatic heterocycles. The maximum atomic E-state index is 12.1. The van der Waals surface area contributed by atoms with E-state index in [0.717, 1.165) is 12.7 Å². The molecule has 16 heavy (non-hydrogen) atoms. The third kappa shape index (κ3) is 2.53. The van der Waals surface area contributed by atoms with E-state index in [9.17, 15) is 18.0 Å². The normalized spacial score (nSPS) is 11.6. The minimum atomic E-state index is -4.83. The van der Waals surface area contributed by atoms with Gasteiger partial charge in [0.25, 0.3) is 0 Å². The maximum absolute atomic E-state index is 12.1. The zero-order valence-electron chi connectivity index (χ0n) is 9.17. The van der Waals surface area contributed by atoms with Crippen LogP contribution in [0.2, 0.25) is 0 Å². The Morgan fingerprint density at radius 2 is 2.12 bits per heavy atom. The number of alkyl halides is 3. The Labute approximate surface area is 90.6 Å². The van der Waals surface area contributed by atoms with Gasteiger partial charge in [-0.05, 0) is 6.92 Å². The SMILES string of the molecule is Cc1c(CN(C)C(=O)C(F)(F)F)cnn1C. The highest BCUT2D eigenvalue weighted by molar-refractivity contribution is 5.81. The molecular weight excluding hydrogens is 223 g/mol. The summed E-state index contributed by atoms with van der Waals surface area (Å²) in [7, 11) is 2.80. The number of amides is 1. The van der Waals surface area contributed by atoms with Crippen molar-refractivity contribution in [3.05, 3.63) is 17.5 Å². The summed E-state index contributed by atoms with van der Waals surface area (Å²) in [5.74, 6) is -1.85. The van der Waals surface area contributed by atoms with E-state index in [2.05, 4.69) is 5.10 Å². The predicted octanol–water partition coefficient (Wildman–Crippen LogP) is 1.25. The van der Waals surface area contributed by atoms with Gasteiger partial charge in [-0.1, -0.05) is 0 Å². The van der Waals surface area contributed by atoms with Crippen LogP contribution >= 0.6 is 0 Å². The first-order chi connectivity index (χ1) is 7.23. The number of halogens is 3. The number of aryl methyl sites for hydroxylation is 1. The number of hydrogen-bond acceptors (Lipinski definition) is 2. The minimum absolute atomic E-state index is 0.0992. The lowest BCUT2D eigenvalue weighted by atomic mass is 10.2. The van der Waals surface area contributed by atoms with Crippen molar-refractivity contribution in [3.63, 3.8) is 0 Å². The van der Waals surface area contributed by atoms with Crippen molar-refractivity contribution in [2.24, 2.45) is 7.05 Å². The lowest BCUT2D eigenvalue weighted by Crippen LogP contribution is -2.38. The van der Waals surface area contributed by atoms with E-state index in [1.54, 1.807) is 18.7 Å². The van der Waals surface area contributed by atoms with Gasteiger partial charge in [-0.2, -0.15) is 18.3 Å². The van der Waals surface area contributed by atoms with Crippen molar-refractivity contribution in [3.8, 4) is 0 Å². The second-order valence-electron chi connectivity index (χ2n) is 3.54. The summed E-state index contributed by atoms with van der Waals surface area (Å²) in [4.78, 5) is 11.5. The Morgan fingerprint density at radius 1 is 1.56 bits per heavy atom. The molecule has 4 nitrogen and oxygen atoms in total. The molecule has 0 bridgehead atoms. The average Bonchev–Trinajstić information content (AvgIpc) is 2.47. The molecule has 0 atom stereocenters. The second-order valence-corrected chi connectivity index (χ2v) is 3.54. The molecule has 0 aliphatic rings. The molecule has 0 spiro atoms. The van der Waals surface area contributed by atoms with Gasteiger partial charge in [-0.15, -0.1) is 0 Å². The van der Waals surface area contributed by atoms with Crippen LogP contribution in [0.1, 0.15) is 11.3 Å². The summed E-state index contributed by atoms with van der Waals surface area (Å²) in [6.07, 6.45) is -3.37. The van der Waals surface area contributed by atoms with Crippen LogP contribution in [0, 0.1) is 6.92 Å². The molecule has 0 radical (unpaired) electrons. The van der Waals surface area contributed by atoms with Crippen LogP contribution in [0.3, 0.4) is 0 Å². The number of hydrogen-bond donors (Lipinski definition) is 0. The number of carbonyl (C=O) groups excluding carboxylic acids is 1. The molecule has 1 amide bonds. The summed E-state index contributed by atoms with van der Waals surface area (Å²) >= 11 is 0. The lowest BCUT2D eigenvalue weighted by molar-refractivity contribution is -0.184. The van der Waals surface area contributed by atoms with Crippen LogP contribution in [-0.4, -0.2) is 33.8 Å². The van der Waals surface area contributed by atoms with Crippen LogP contribution in [0.25, 0.3) is 0 Å². The molecule has 0 fully saturated rings. The zero-order chi connectivity index (χ0) is 12.5. The van der Waals surface area contributed by atoms with E-state index in [1.807, 2.05) is 0 Å². The van der Waals surface area contributed by atoms with E-state index in [4.69, 9.17) is 0 Å². The lowest BCUT2D eigenvalue weighted by Gasteiger charge is -2.18. The van der Waals surface area contributed by atoms with Crippen LogP contribution in [0.4, 0.5) is 13.2 Å². The topological polar surface area (TPSA) is 38.1 Å². The average molecular weight is 235 g/mol. The third-order valence-corrected chi connectivity index (χ3v) is 2.33. The first kappa shape index (κ1) is 12.5. The molecule has 0 unspecified atom stereocenters. The maximum Gasteiger partial charge on any atom is 0.471 e. The van der Waals surface area contributed by atoms with Crippen molar-refractivity contribution in [2.75, 3.05) is 7.05 Å². The van der Waals surface area contributed by atoms with Gasteiger partial charge in [0.1, 0.15) is 0 Å². The third-order valence-electron chi connectivity index (χ3n) is 2.33. The Morgan fingerprint density at radius 3 is 2.50 bits per heavy atom. The molecule has 0 saturated heterocycles. The molecule has 7 heteroatoms. The van der Waals surface area contributed by atoms with Gasteiger partial charge < -0.3 is 4.90 Å². The largest absolute Gasteiger partial charge is 0.471 e. The molecule has 0 saturated carbocycles. The van der Waals surface area contributed by atoms with Crippen LogP contribution in [-0.2, 0) is 18.4 Å². The van der Waals surface area contributed by atoms with E-state index < -0.39 is 12.1 Å². The predicted molar refractivity (Wildman–Crippen MR) is 50.5 cm³/mol. The second kappa shape index (κ2) is 4.15. The first-order valence-electron chi connectivity index (χ1n) is 4.53. The van der Waals surface area contributed by atoms with Gasteiger partial charge in [0.15, 0.2) is 0 Å². The summed E-state index contributed by atoms with van der Waals surface area (Å²) < 4.78 is 37.8. The molecule has 90 valence electrons. The summed E-state index contributed by atoms with van der Waals surface area (Å²) in [6, 6.07) is 0. The standard InChI is InChI=1S/C9H12F3N3O/c1-6-7(4-13-15(6)3)5-14(2)8(16)9(10,11)12/h4H,5H2,1-3H3. The van der Waals surface area contributed by atoms with Crippen molar-refractivity contribution >= 4 is 5.91 Å². The van der Waals surface area contributed by atoms with Gasteiger partial charge in [-0.25, -0.2) is 0 Å². The summed E-state index contributed by atoms with van der Waals surface area (Å²) in [6.45, 7) is 1.63. The van der Waals surface area contributed by atoms with Crippen LogP contribution in [0.5, 0.6) is 0 Å². The van der Waals surface area contributed by atoms with Gasteiger partial charge in [-0.3, -0.25) is 9.48 Å². The molecule has 0 N–H and O–H groups in total. The van der Waals surface area contributed by atoms with Gasteiger partial charge in [0.2, 0.25) is 0 Å². The van der Waals surface area contributed by atoms with Crippen molar-refractivity contribution in [1.29, 1.82) is 0 Å². The molecule has 1 aromatic rings. The molecular formula is C9H12F3N3O. The highest BCUT2D eigenvalue weighted by Crippen LogP contribution is 2.19. The Kier molecular flexibility index (Phi) is 3.25. The fraction of sp³-hybridized carbons (Fsp3) is 0.556. The molecule has 1 heterocycles. The highest BCUT2D eigenvalue weighted by Gasteiger charge is 2.41.